The number of carbonyl (C=O) groups excluding carboxylic acids is 1. The number of carbonyl (C=O) groups is 2. The van der Waals surface area contributed by atoms with Gasteiger partial charge in [0.15, 0.2) is 0 Å². The lowest BCUT2D eigenvalue weighted by Gasteiger charge is -2.32. The number of halogens is 1. The van der Waals surface area contributed by atoms with Crippen molar-refractivity contribution in [1.82, 2.24) is 4.90 Å². The third-order valence-electron chi connectivity index (χ3n) is 3.64. The second-order valence-corrected chi connectivity index (χ2v) is 5.20. The monoisotopic (exact) mass is 279 g/mol. The first-order valence-electron chi connectivity index (χ1n) is 6.83. The first-order chi connectivity index (χ1) is 9.56. The number of nitrogens with zero attached hydrogens (tertiary/aromatic N) is 1. The summed E-state index contributed by atoms with van der Waals surface area (Å²) >= 11 is 0. The van der Waals surface area contributed by atoms with E-state index in [0.29, 0.717) is 25.1 Å². The van der Waals surface area contributed by atoms with Crippen molar-refractivity contribution in [2.45, 2.75) is 25.7 Å². The van der Waals surface area contributed by atoms with Crippen molar-refractivity contribution in [3.8, 4) is 0 Å². The Morgan fingerprint density at radius 1 is 1.40 bits per heavy atom. The van der Waals surface area contributed by atoms with Gasteiger partial charge in [0.2, 0.25) is 0 Å². The fourth-order valence-electron chi connectivity index (χ4n) is 2.62. The van der Waals surface area contributed by atoms with Gasteiger partial charge in [-0.05, 0) is 43.4 Å². The third kappa shape index (κ3) is 3.79. The minimum absolute atomic E-state index is 0.132. The van der Waals surface area contributed by atoms with Crippen LogP contribution < -0.4 is 0 Å². The molecule has 0 aromatic heterocycles. The maximum atomic E-state index is 13.1. The van der Waals surface area contributed by atoms with Crippen LogP contribution in [0.15, 0.2) is 24.3 Å². The summed E-state index contributed by atoms with van der Waals surface area (Å²) in [6, 6.07) is 5.67. The smallest absolute Gasteiger partial charge is 0.303 e. The zero-order valence-corrected chi connectivity index (χ0v) is 11.2. The molecule has 1 fully saturated rings. The molecule has 1 aliphatic heterocycles. The number of carboxylic acids is 1. The van der Waals surface area contributed by atoms with Gasteiger partial charge in [0.1, 0.15) is 5.82 Å². The standard InChI is InChI=1S/C15H18FNO3/c16-13-5-1-4-12(9-13)15(20)17-8-2-3-11(10-17)6-7-14(18)19/h1,4-5,9,11H,2-3,6-8,10H2,(H,18,19). The van der Waals surface area contributed by atoms with Gasteiger partial charge in [0.05, 0.1) is 0 Å². The van der Waals surface area contributed by atoms with Gasteiger partial charge >= 0.3 is 5.97 Å². The van der Waals surface area contributed by atoms with Crippen LogP contribution in [0.3, 0.4) is 0 Å². The van der Waals surface area contributed by atoms with E-state index in [0.717, 1.165) is 12.8 Å². The Labute approximate surface area is 117 Å². The Morgan fingerprint density at radius 2 is 2.20 bits per heavy atom. The van der Waals surface area contributed by atoms with Crippen molar-refractivity contribution < 1.29 is 19.1 Å². The summed E-state index contributed by atoms with van der Waals surface area (Å²) in [4.78, 5) is 24.6. The second kappa shape index (κ2) is 6.50. The average Bonchev–Trinajstić information content (AvgIpc) is 2.44. The van der Waals surface area contributed by atoms with Crippen LogP contribution in [0, 0.1) is 11.7 Å². The van der Waals surface area contributed by atoms with Crippen molar-refractivity contribution in [1.29, 1.82) is 0 Å². The predicted molar refractivity (Wildman–Crippen MR) is 71.9 cm³/mol. The van der Waals surface area contributed by atoms with E-state index >= 15 is 0 Å². The van der Waals surface area contributed by atoms with E-state index in [1.165, 1.54) is 18.2 Å². The van der Waals surface area contributed by atoms with Crippen molar-refractivity contribution in [2.75, 3.05) is 13.1 Å². The fraction of sp³-hybridized carbons (Fsp3) is 0.467. The molecule has 1 aromatic rings. The highest BCUT2D eigenvalue weighted by molar-refractivity contribution is 5.94. The number of likely N-dealkylation sites (tertiary alicyclic amines) is 1. The molecule has 1 heterocycles. The Balaban J connectivity index is 1.98. The summed E-state index contributed by atoms with van der Waals surface area (Å²) in [6.45, 7) is 1.21. The maximum Gasteiger partial charge on any atom is 0.303 e. The van der Waals surface area contributed by atoms with Crippen LogP contribution in [-0.2, 0) is 4.79 Å². The number of hydrogen-bond donors (Lipinski definition) is 1. The van der Waals surface area contributed by atoms with Gasteiger partial charge in [-0.15, -0.1) is 0 Å². The minimum Gasteiger partial charge on any atom is -0.481 e. The SMILES string of the molecule is O=C(O)CCC1CCCN(C(=O)c2cccc(F)c2)C1. The van der Waals surface area contributed by atoms with E-state index in [1.807, 2.05) is 0 Å². The van der Waals surface area contributed by atoms with Crippen LogP contribution in [-0.4, -0.2) is 35.0 Å². The largest absolute Gasteiger partial charge is 0.481 e. The van der Waals surface area contributed by atoms with Crippen LogP contribution >= 0.6 is 0 Å². The number of amides is 1. The summed E-state index contributed by atoms with van der Waals surface area (Å²) in [7, 11) is 0. The van der Waals surface area contributed by atoms with Gasteiger partial charge in [0.25, 0.3) is 5.91 Å². The topological polar surface area (TPSA) is 57.6 Å². The molecule has 0 bridgehead atoms. The molecule has 1 saturated heterocycles. The molecule has 0 aliphatic carbocycles. The summed E-state index contributed by atoms with van der Waals surface area (Å²) in [6.07, 6.45) is 2.53. The number of hydrogen-bond acceptors (Lipinski definition) is 2. The molecular weight excluding hydrogens is 261 g/mol. The Kier molecular flexibility index (Phi) is 4.71. The summed E-state index contributed by atoms with van der Waals surface area (Å²) in [5, 5.41) is 8.71. The van der Waals surface area contributed by atoms with Gasteiger partial charge in [-0.25, -0.2) is 4.39 Å². The highest BCUT2D eigenvalue weighted by Crippen LogP contribution is 2.22. The highest BCUT2D eigenvalue weighted by atomic mass is 19.1. The third-order valence-corrected chi connectivity index (χ3v) is 3.64. The van der Waals surface area contributed by atoms with E-state index in [-0.39, 0.29) is 18.2 Å². The molecule has 0 saturated carbocycles. The first-order valence-corrected chi connectivity index (χ1v) is 6.83. The highest BCUT2D eigenvalue weighted by Gasteiger charge is 2.24. The van der Waals surface area contributed by atoms with Crippen LogP contribution in [0.2, 0.25) is 0 Å². The Morgan fingerprint density at radius 3 is 2.90 bits per heavy atom. The lowest BCUT2D eigenvalue weighted by atomic mass is 9.93. The van der Waals surface area contributed by atoms with Gasteiger partial charge in [-0.3, -0.25) is 9.59 Å². The number of piperidine rings is 1. The predicted octanol–water partition coefficient (Wildman–Crippen LogP) is 2.54. The van der Waals surface area contributed by atoms with Crippen molar-refractivity contribution in [2.24, 2.45) is 5.92 Å². The molecule has 1 aromatic carbocycles. The van der Waals surface area contributed by atoms with Crippen LogP contribution in [0.1, 0.15) is 36.0 Å². The molecule has 1 unspecified atom stereocenters. The van der Waals surface area contributed by atoms with E-state index in [9.17, 15) is 14.0 Å². The summed E-state index contributed by atoms with van der Waals surface area (Å²) < 4.78 is 13.1. The van der Waals surface area contributed by atoms with Crippen LogP contribution in [0.25, 0.3) is 0 Å². The Bertz CT molecular complexity index is 504. The first kappa shape index (κ1) is 14.5. The van der Waals surface area contributed by atoms with Gasteiger partial charge in [-0.1, -0.05) is 6.07 Å². The molecular formula is C15H18FNO3. The van der Waals surface area contributed by atoms with Gasteiger partial charge < -0.3 is 10.0 Å². The van der Waals surface area contributed by atoms with Crippen molar-refractivity contribution in [3.63, 3.8) is 0 Å². The molecule has 1 amide bonds. The van der Waals surface area contributed by atoms with Gasteiger partial charge in [-0.2, -0.15) is 0 Å². The molecule has 1 N–H and O–H groups in total. The Hall–Kier alpha value is -1.91. The van der Waals surface area contributed by atoms with E-state index in [2.05, 4.69) is 0 Å². The zero-order valence-electron chi connectivity index (χ0n) is 11.2. The second-order valence-electron chi connectivity index (χ2n) is 5.20. The van der Waals surface area contributed by atoms with Crippen molar-refractivity contribution in [3.05, 3.63) is 35.6 Å². The normalized spacial score (nSPS) is 18.9. The molecule has 1 aliphatic rings. The molecule has 4 nitrogen and oxygen atoms in total. The molecule has 2 rings (SSSR count). The molecule has 1 atom stereocenters. The molecule has 0 radical (unpaired) electrons. The number of carboxylic acid groups (broad SMARTS) is 1. The van der Waals surface area contributed by atoms with E-state index in [1.54, 1.807) is 11.0 Å². The zero-order chi connectivity index (χ0) is 14.5. The van der Waals surface area contributed by atoms with Crippen LogP contribution in [0.5, 0.6) is 0 Å². The number of rotatable bonds is 4. The maximum absolute atomic E-state index is 13.1. The lowest BCUT2D eigenvalue weighted by molar-refractivity contribution is -0.137. The summed E-state index contributed by atoms with van der Waals surface area (Å²) in [5.41, 5.74) is 0.351. The number of aliphatic carboxylic acids is 1. The summed E-state index contributed by atoms with van der Waals surface area (Å²) in [5.74, 6) is -1.18. The molecule has 5 heteroatoms. The van der Waals surface area contributed by atoms with Crippen molar-refractivity contribution >= 4 is 11.9 Å². The fourth-order valence-corrected chi connectivity index (χ4v) is 2.62. The lowest BCUT2D eigenvalue weighted by Crippen LogP contribution is -2.40. The number of benzene rings is 1. The molecule has 108 valence electrons. The average molecular weight is 279 g/mol. The van der Waals surface area contributed by atoms with Gasteiger partial charge in [0, 0.05) is 25.1 Å². The molecule has 0 spiro atoms. The quantitative estimate of drug-likeness (QED) is 0.921. The molecule has 20 heavy (non-hydrogen) atoms. The van der Waals surface area contributed by atoms with E-state index < -0.39 is 11.8 Å². The minimum atomic E-state index is -0.807. The van der Waals surface area contributed by atoms with Crippen LogP contribution in [0.4, 0.5) is 4.39 Å². The van der Waals surface area contributed by atoms with E-state index in [4.69, 9.17) is 5.11 Å².